The van der Waals surface area contributed by atoms with Crippen LogP contribution in [0.5, 0.6) is 0 Å². The van der Waals surface area contributed by atoms with Crippen LogP contribution in [0.25, 0.3) is 0 Å². The second-order valence-electron chi connectivity index (χ2n) is 2.45. The summed E-state index contributed by atoms with van der Waals surface area (Å²) in [5, 5.41) is 0.324. The first-order valence-electron chi connectivity index (χ1n) is 3.26. The largest absolute Gasteiger partial charge is 0.264 e. The molecule has 0 heterocycles. The van der Waals surface area contributed by atoms with Crippen LogP contribution in [0.1, 0.15) is 17.6 Å². The van der Waals surface area contributed by atoms with E-state index in [-0.39, 0.29) is 10.0 Å². The number of hydrogen-bond donors (Lipinski definition) is 0. The van der Waals surface area contributed by atoms with Crippen molar-refractivity contribution in [3.05, 3.63) is 32.8 Å². The van der Waals surface area contributed by atoms with E-state index in [1.54, 1.807) is 13.0 Å². The zero-order valence-electron chi connectivity index (χ0n) is 6.24. The maximum Gasteiger partial charge on any atom is 0.264 e. The molecule has 12 heavy (non-hydrogen) atoms. The van der Waals surface area contributed by atoms with Gasteiger partial charge in [0, 0.05) is 10.0 Å². The molecule has 0 unspecified atom stereocenters. The van der Waals surface area contributed by atoms with E-state index in [9.17, 15) is 8.78 Å². The molecule has 0 nitrogen and oxygen atoms in total. The number of rotatable bonds is 1. The van der Waals surface area contributed by atoms with E-state index >= 15 is 0 Å². The van der Waals surface area contributed by atoms with Gasteiger partial charge >= 0.3 is 0 Å². The Morgan fingerprint density at radius 1 is 1.42 bits per heavy atom. The van der Waals surface area contributed by atoms with Gasteiger partial charge in [0.25, 0.3) is 6.43 Å². The molecule has 0 aliphatic carbocycles. The van der Waals surface area contributed by atoms with Crippen LogP contribution in [-0.2, 0) is 0 Å². The summed E-state index contributed by atoms with van der Waals surface area (Å²) >= 11 is 8.69. The summed E-state index contributed by atoms with van der Waals surface area (Å²) in [5.74, 6) is 0. The average molecular weight is 255 g/mol. The fourth-order valence-electron chi connectivity index (χ4n) is 0.910. The monoisotopic (exact) mass is 254 g/mol. The van der Waals surface area contributed by atoms with Crippen LogP contribution >= 0.6 is 27.5 Å². The third kappa shape index (κ3) is 1.96. The van der Waals surface area contributed by atoms with E-state index in [4.69, 9.17) is 11.6 Å². The fraction of sp³-hybridized carbons (Fsp3) is 0.250. The smallest absolute Gasteiger partial charge is 0.205 e. The average Bonchev–Trinajstić information content (AvgIpc) is 1.96. The van der Waals surface area contributed by atoms with Gasteiger partial charge in [-0.25, -0.2) is 8.78 Å². The molecule has 0 radical (unpaired) electrons. The Labute approximate surface area is 82.7 Å². The van der Waals surface area contributed by atoms with E-state index in [1.165, 1.54) is 6.07 Å². The third-order valence-electron chi connectivity index (χ3n) is 1.44. The molecule has 4 heteroatoms. The third-order valence-corrected chi connectivity index (χ3v) is 2.85. The van der Waals surface area contributed by atoms with Crippen LogP contribution in [0.15, 0.2) is 16.6 Å². The van der Waals surface area contributed by atoms with Crippen LogP contribution in [-0.4, -0.2) is 0 Å². The molecular formula is C8H6BrClF2. The molecular weight excluding hydrogens is 249 g/mol. The highest BCUT2D eigenvalue weighted by molar-refractivity contribution is 9.10. The van der Waals surface area contributed by atoms with Gasteiger partial charge in [-0.15, -0.1) is 0 Å². The van der Waals surface area contributed by atoms with Gasteiger partial charge in [0.05, 0.1) is 5.02 Å². The minimum absolute atomic E-state index is 0.0556. The number of alkyl halides is 2. The number of halogens is 4. The van der Waals surface area contributed by atoms with Gasteiger partial charge in [0.2, 0.25) is 0 Å². The van der Waals surface area contributed by atoms with Gasteiger partial charge in [-0.05, 0) is 40.5 Å². The molecule has 0 aromatic heterocycles. The van der Waals surface area contributed by atoms with Gasteiger partial charge in [-0.1, -0.05) is 11.6 Å². The lowest BCUT2D eigenvalue weighted by Crippen LogP contribution is -1.88. The Kier molecular flexibility index (Phi) is 3.07. The van der Waals surface area contributed by atoms with Crippen molar-refractivity contribution < 1.29 is 8.78 Å². The number of hydrogen-bond acceptors (Lipinski definition) is 0. The van der Waals surface area contributed by atoms with Crippen molar-refractivity contribution >= 4 is 27.5 Å². The van der Waals surface area contributed by atoms with Crippen molar-refractivity contribution in [2.75, 3.05) is 0 Å². The second kappa shape index (κ2) is 3.71. The van der Waals surface area contributed by atoms with Gasteiger partial charge in [0.1, 0.15) is 0 Å². The number of benzene rings is 1. The van der Waals surface area contributed by atoms with Crippen molar-refractivity contribution in [2.24, 2.45) is 0 Å². The van der Waals surface area contributed by atoms with E-state index in [2.05, 4.69) is 15.9 Å². The van der Waals surface area contributed by atoms with E-state index in [1.807, 2.05) is 0 Å². The first-order chi connectivity index (χ1) is 5.52. The molecule has 0 aliphatic rings. The molecule has 0 fully saturated rings. The summed E-state index contributed by atoms with van der Waals surface area (Å²) in [7, 11) is 0. The minimum atomic E-state index is -2.49. The standard InChI is InChI=1S/C8H6BrClF2/c1-4-2-5(8(11)12)7(9)6(10)3-4/h2-3,8H,1H3. The van der Waals surface area contributed by atoms with Crippen molar-refractivity contribution in [2.45, 2.75) is 13.3 Å². The van der Waals surface area contributed by atoms with Gasteiger partial charge in [-0.3, -0.25) is 0 Å². The van der Waals surface area contributed by atoms with E-state index in [0.29, 0.717) is 5.02 Å². The molecule has 0 atom stereocenters. The molecule has 0 spiro atoms. The Balaban J connectivity index is 3.28. The summed E-state index contributed by atoms with van der Waals surface area (Å²) in [4.78, 5) is 0. The summed E-state index contributed by atoms with van der Waals surface area (Å²) in [6, 6.07) is 3.05. The fourth-order valence-corrected chi connectivity index (χ4v) is 1.59. The topological polar surface area (TPSA) is 0 Å². The van der Waals surface area contributed by atoms with Gasteiger partial charge in [-0.2, -0.15) is 0 Å². The predicted octanol–water partition coefficient (Wildman–Crippen LogP) is 4.35. The molecule has 0 saturated heterocycles. The highest BCUT2D eigenvalue weighted by atomic mass is 79.9. The normalized spacial score (nSPS) is 10.8. The Hall–Kier alpha value is -0.150. The molecule has 1 rings (SSSR count). The zero-order chi connectivity index (χ0) is 9.30. The first-order valence-corrected chi connectivity index (χ1v) is 4.43. The Bertz CT molecular complexity index is 299. The van der Waals surface area contributed by atoms with Gasteiger partial charge in [0.15, 0.2) is 0 Å². The summed E-state index contributed by atoms with van der Waals surface area (Å²) < 4.78 is 24.9. The second-order valence-corrected chi connectivity index (χ2v) is 3.65. The summed E-state index contributed by atoms with van der Waals surface area (Å²) in [5.41, 5.74) is 0.679. The molecule has 0 N–H and O–H groups in total. The first kappa shape index (κ1) is 9.93. The van der Waals surface area contributed by atoms with Crippen molar-refractivity contribution in [1.29, 1.82) is 0 Å². The molecule has 1 aromatic rings. The minimum Gasteiger partial charge on any atom is -0.205 e. The van der Waals surface area contributed by atoms with Crippen molar-refractivity contribution in [3.8, 4) is 0 Å². The lowest BCUT2D eigenvalue weighted by atomic mass is 10.1. The molecule has 66 valence electrons. The quantitative estimate of drug-likeness (QED) is 0.700. The molecule has 1 aromatic carbocycles. The van der Waals surface area contributed by atoms with Crippen LogP contribution in [0, 0.1) is 6.92 Å². The van der Waals surface area contributed by atoms with Gasteiger partial charge < -0.3 is 0 Å². The predicted molar refractivity (Wildman–Crippen MR) is 48.8 cm³/mol. The Morgan fingerprint density at radius 3 is 2.50 bits per heavy atom. The maximum atomic E-state index is 12.3. The zero-order valence-corrected chi connectivity index (χ0v) is 8.59. The van der Waals surface area contributed by atoms with Crippen LogP contribution in [0.4, 0.5) is 8.78 Å². The Morgan fingerprint density at radius 2 is 2.00 bits per heavy atom. The van der Waals surface area contributed by atoms with Crippen LogP contribution < -0.4 is 0 Å². The number of aryl methyl sites for hydroxylation is 1. The summed E-state index contributed by atoms with van der Waals surface area (Å²) in [6.07, 6.45) is -2.49. The SMILES string of the molecule is Cc1cc(Cl)c(Br)c(C(F)F)c1. The highest BCUT2D eigenvalue weighted by Gasteiger charge is 2.14. The van der Waals surface area contributed by atoms with Crippen LogP contribution in [0.2, 0.25) is 5.02 Å². The molecule has 0 bridgehead atoms. The lowest BCUT2D eigenvalue weighted by Gasteiger charge is -2.06. The van der Waals surface area contributed by atoms with Crippen LogP contribution in [0.3, 0.4) is 0 Å². The van der Waals surface area contributed by atoms with E-state index in [0.717, 1.165) is 5.56 Å². The lowest BCUT2D eigenvalue weighted by molar-refractivity contribution is 0.150. The molecule has 0 amide bonds. The van der Waals surface area contributed by atoms with E-state index < -0.39 is 6.43 Å². The molecule has 0 aliphatic heterocycles. The van der Waals surface area contributed by atoms with Crippen molar-refractivity contribution in [3.63, 3.8) is 0 Å². The summed E-state index contributed by atoms with van der Waals surface area (Å²) in [6.45, 7) is 1.73. The molecule has 0 saturated carbocycles. The highest BCUT2D eigenvalue weighted by Crippen LogP contribution is 2.33. The van der Waals surface area contributed by atoms with Crippen molar-refractivity contribution in [1.82, 2.24) is 0 Å². The maximum absolute atomic E-state index is 12.3.